The van der Waals surface area contributed by atoms with E-state index in [1.165, 1.54) is 10.9 Å². The Kier molecular flexibility index (Phi) is 5.46. The summed E-state index contributed by atoms with van der Waals surface area (Å²) < 4.78 is 0. The number of nitrogens with zero attached hydrogens (tertiary/aromatic N) is 1. The van der Waals surface area contributed by atoms with Crippen LogP contribution in [0.3, 0.4) is 0 Å². The van der Waals surface area contributed by atoms with Crippen molar-refractivity contribution < 1.29 is 9.59 Å². The van der Waals surface area contributed by atoms with Crippen LogP contribution in [0.25, 0.3) is 10.9 Å². The van der Waals surface area contributed by atoms with Crippen LogP contribution in [0.5, 0.6) is 0 Å². The second-order valence-corrected chi connectivity index (χ2v) is 8.20. The first-order valence-corrected chi connectivity index (χ1v) is 11.0. The van der Waals surface area contributed by atoms with Crippen LogP contribution in [-0.2, 0) is 24.2 Å². The van der Waals surface area contributed by atoms with Crippen molar-refractivity contribution in [1.82, 2.24) is 15.2 Å². The summed E-state index contributed by atoms with van der Waals surface area (Å²) in [6, 6.07) is 25.1. The lowest BCUT2D eigenvalue weighted by Crippen LogP contribution is -2.48. The number of carbonyl (C=O) groups excluding carboxylic acids is 2. The lowest BCUT2D eigenvalue weighted by atomic mass is 10.0. The second-order valence-electron chi connectivity index (χ2n) is 8.20. The fourth-order valence-corrected chi connectivity index (χ4v) is 4.49. The molecule has 0 bridgehead atoms. The zero-order valence-electron chi connectivity index (χ0n) is 17.8. The van der Waals surface area contributed by atoms with Crippen molar-refractivity contribution in [2.45, 2.75) is 25.4 Å². The molecule has 32 heavy (non-hydrogen) atoms. The van der Waals surface area contributed by atoms with Crippen LogP contribution in [0.2, 0.25) is 0 Å². The molecule has 0 saturated heterocycles. The number of aromatic nitrogens is 1. The first kappa shape index (κ1) is 20.1. The van der Waals surface area contributed by atoms with Crippen molar-refractivity contribution in [3.63, 3.8) is 0 Å². The molecule has 2 N–H and O–H groups in total. The maximum absolute atomic E-state index is 13.3. The molecule has 0 radical (unpaired) electrons. The lowest BCUT2D eigenvalue weighted by molar-refractivity contribution is -0.125. The summed E-state index contributed by atoms with van der Waals surface area (Å²) in [5.74, 6) is -0.192. The molecule has 1 unspecified atom stereocenters. The quantitative estimate of drug-likeness (QED) is 0.470. The molecule has 0 fully saturated rings. The number of fused-ring (bicyclic) bond motifs is 2. The number of aromatic amines is 1. The van der Waals surface area contributed by atoms with Crippen LogP contribution in [-0.4, -0.2) is 34.3 Å². The van der Waals surface area contributed by atoms with Gasteiger partial charge in [-0.25, -0.2) is 0 Å². The first-order valence-electron chi connectivity index (χ1n) is 11.0. The Bertz CT molecular complexity index is 1260. The van der Waals surface area contributed by atoms with Crippen LogP contribution >= 0.6 is 0 Å². The molecule has 1 aromatic heterocycles. The Morgan fingerprint density at radius 1 is 0.969 bits per heavy atom. The normalized spacial score (nSPS) is 13.9. The Labute approximate surface area is 187 Å². The molecule has 3 aromatic carbocycles. The maximum atomic E-state index is 13.3. The topological polar surface area (TPSA) is 65.2 Å². The highest BCUT2D eigenvalue weighted by Crippen LogP contribution is 2.26. The number of H-pyrrole nitrogens is 1. The maximum Gasteiger partial charge on any atom is 0.255 e. The molecule has 160 valence electrons. The number of benzene rings is 3. The molecule has 2 heterocycles. The fraction of sp³-hybridized carbons (Fsp3) is 0.185. The summed E-state index contributed by atoms with van der Waals surface area (Å²) in [6.07, 6.45) is 3.21. The molecular weight excluding hydrogens is 398 g/mol. The van der Waals surface area contributed by atoms with E-state index in [0.29, 0.717) is 25.1 Å². The predicted octanol–water partition coefficient (Wildman–Crippen LogP) is 4.09. The standard InChI is InChI=1S/C27H25N3O2/c31-26(28-15-14-20-17-29-24-13-7-6-11-22(20)24)25(16-19-8-2-1-3-9-19)30-18-21-10-4-5-12-23(21)27(30)32/h1-13,17,25,29H,14-16,18H2,(H,28,31). The zero-order valence-corrected chi connectivity index (χ0v) is 17.8. The van der Waals surface area contributed by atoms with E-state index >= 15 is 0 Å². The summed E-state index contributed by atoms with van der Waals surface area (Å²) in [4.78, 5) is 31.4. The van der Waals surface area contributed by atoms with E-state index in [0.717, 1.165) is 23.1 Å². The summed E-state index contributed by atoms with van der Waals surface area (Å²) in [7, 11) is 0. The average Bonchev–Trinajstić information content (AvgIpc) is 3.39. The van der Waals surface area contributed by atoms with Gasteiger partial charge in [-0.3, -0.25) is 9.59 Å². The van der Waals surface area contributed by atoms with Gasteiger partial charge in [0.15, 0.2) is 0 Å². The van der Waals surface area contributed by atoms with E-state index < -0.39 is 6.04 Å². The van der Waals surface area contributed by atoms with Gasteiger partial charge in [0.25, 0.3) is 5.91 Å². The number of carbonyl (C=O) groups is 2. The van der Waals surface area contributed by atoms with Crippen molar-refractivity contribution in [2.24, 2.45) is 0 Å². The molecule has 4 aromatic rings. The van der Waals surface area contributed by atoms with E-state index in [-0.39, 0.29) is 11.8 Å². The minimum Gasteiger partial charge on any atom is -0.361 e. The SMILES string of the molecule is O=C(NCCc1c[nH]c2ccccc12)C(Cc1ccccc1)N1Cc2ccccc2C1=O. The average molecular weight is 424 g/mol. The third-order valence-corrected chi connectivity index (χ3v) is 6.17. The Hall–Kier alpha value is -3.86. The van der Waals surface area contributed by atoms with E-state index in [1.54, 1.807) is 4.90 Å². The summed E-state index contributed by atoms with van der Waals surface area (Å²) in [5, 5.41) is 4.26. The molecule has 0 aliphatic carbocycles. The molecule has 1 aliphatic heterocycles. The molecule has 2 amide bonds. The number of nitrogens with one attached hydrogen (secondary N) is 2. The molecule has 0 spiro atoms. The molecule has 1 atom stereocenters. The molecular formula is C27H25N3O2. The number of amides is 2. The highest BCUT2D eigenvalue weighted by atomic mass is 16.2. The zero-order chi connectivity index (χ0) is 21.9. The number of rotatable bonds is 7. The molecule has 5 rings (SSSR count). The van der Waals surface area contributed by atoms with Crippen molar-refractivity contribution in [1.29, 1.82) is 0 Å². The number of para-hydroxylation sites is 1. The van der Waals surface area contributed by atoms with Crippen LogP contribution in [0.1, 0.15) is 27.0 Å². The molecule has 1 aliphatic rings. The van der Waals surface area contributed by atoms with Crippen LogP contribution in [0.4, 0.5) is 0 Å². The molecule has 5 nitrogen and oxygen atoms in total. The van der Waals surface area contributed by atoms with Gasteiger partial charge in [-0.1, -0.05) is 66.7 Å². The first-order chi connectivity index (χ1) is 15.7. The van der Waals surface area contributed by atoms with Crippen molar-refractivity contribution in [2.75, 3.05) is 6.54 Å². The van der Waals surface area contributed by atoms with Gasteiger partial charge in [0.2, 0.25) is 5.91 Å². The third-order valence-electron chi connectivity index (χ3n) is 6.17. The number of hydrogen-bond donors (Lipinski definition) is 2. The van der Waals surface area contributed by atoms with Gasteiger partial charge in [-0.15, -0.1) is 0 Å². The van der Waals surface area contributed by atoms with Gasteiger partial charge in [0.1, 0.15) is 6.04 Å². The van der Waals surface area contributed by atoms with Gasteiger partial charge in [-0.05, 0) is 35.2 Å². The Morgan fingerprint density at radius 2 is 1.72 bits per heavy atom. The van der Waals surface area contributed by atoms with Crippen molar-refractivity contribution in [3.05, 3.63) is 107 Å². The Balaban J connectivity index is 1.32. The minimum atomic E-state index is -0.555. The third kappa shape index (κ3) is 3.89. The summed E-state index contributed by atoms with van der Waals surface area (Å²) in [6.45, 7) is 0.976. The Morgan fingerprint density at radius 3 is 2.56 bits per heavy atom. The highest BCUT2D eigenvalue weighted by Gasteiger charge is 2.36. The second kappa shape index (κ2) is 8.71. The fourth-order valence-electron chi connectivity index (χ4n) is 4.49. The number of hydrogen-bond acceptors (Lipinski definition) is 2. The van der Waals surface area contributed by atoms with Gasteiger partial charge in [0, 0.05) is 42.2 Å². The smallest absolute Gasteiger partial charge is 0.255 e. The van der Waals surface area contributed by atoms with Gasteiger partial charge < -0.3 is 15.2 Å². The molecule has 0 saturated carbocycles. The van der Waals surface area contributed by atoms with E-state index in [9.17, 15) is 9.59 Å². The summed E-state index contributed by atoms with van der Waals surface area (Å²) in [5.41, 5.74) is 4.97. The monoisotopic (exact) mass is 423 g/mol. The largest absolute Gasteiger partial charge is 0.361 e. The van der Waals surface area contributed by atoms with Crippen molar-refractivity contribution >= 4 is 22.7 Å². The lowest BCUT2D eigenvalue weighted by Gasteiger charge is -2.27. The van der Waals surface area contributed by atoms with E-state index in [1.807, 2.05) is 79.0 Å². The van der Waals surface area contributed by atoms with Crippen LogP contribution in [0, 0.1) is 0 Å². The van der Waals surface area contributed by atoms with Crippen molar-refractivity contribution in [3.8, 4) is 0 Å². The van der Waals surface area contributed by atoms with E-state index in [4.69, 9.17) is 0 Å². The summed E-state index contributed by atoms with van der Waals surface area (Å²) >= 11 is 0. The highest BCUT2D eigenvalue weighted by molar-refractivity contribution is 6.01. The van der Waals surface area contributed by atoms with Gasteiger partial charge in [-0.2, -0.15) is 0 Å². The molecule has 5 heteroatoms. The predicted molar refractivity (Wildman–Crippen MR) is 125 cm³/mol. The van der Waals surface area contributed by atoms with Gasteiger partial charge >= 0.3 is 0 Å². The minimum absolute atomic E-state index is 0.0756. The van der Waals surface area contributed by atoms with Crippen LogP contribution in [0.15, 0.2) is 85.1 Å². The van der Waals surface area contributed by atoms with Gasteiger partial charge in [0.05, 0.1) is 0 Å². The van der Waals surface area contributed by atoms with Crippen LogP contribution < -0.4 is 5.32 Å². The van der Waals surface area contributed by atoms with E-state index in [2.05, 4.69) is 16.4 Å².